The van der Waals surface area contributed by atoms with Gasteiger partial charge in [0, 0.05) is 11.9 Å². The second-order valence-corrected chi connectivity index (χ2v) is 4.58. The van der Waals surface area contributed by atoms with Crippen LogP contribution in [0.2, 0.25) is 0 Å². The highest BCUT2D eigenvalue weighted by atomic mass is 16.4. The lowest BCUT2D eigenvalue weighted by molar-refractivity contribution is -0.137. The molecule has 1 aliphatic carbocycles. The van der Waals surface area contributed by atoms with E-state index in [-0.39, 0.29) is 12.3 Å². The molecule has 1 aromatic rings. The Bertz CT molecular complexity index is 401. The van der Waals surface area contributed by atoms with Gasteiger partial charge >= 0.3 is 5.97 Å². The van der Waals surface area contributed by atoms with Crippen molar-refractivity contribution in [3.05, 3.63) is 29.1 Å². The van der Waals surface area contributed by atoms with Crippen LogP contribution in [0.15, 0.2) is 12.3 Å². The van der Waals surface area contributed by atoms with Gasteiger partial charge in [0.05, 0.1) is 6.42 Å². The van der Waals surface area contributed by atoms with Crippen molar-refractivity contribution < 1.29 is 9.90 Å². The summed E-state index contributed by atoms with van der Waals surface area (Å²) in [5.74, 6) is -0.692. The van der Waals surface area contributed by atoms with Gasteiger partial charge in [-0.15, -0.1) is 0 Å². The molecule has 1 heterocycles. The van der Waals surface area contributed by atoms with Crippen molar-refractivity contribution in [2.24, 2.45) is 0 Å². The molecule has 1 unspecified atom stereocenters. The van der Waals surface area contributed by atoms with E-state index < -0.39 is 5.97 Å². The highest BCUT2D eigenvalue weighted by molar-refractivity contribution is 5.67. The molecule has 16 heavy (non-hydrogen) atoms. The maximum absolute atomic E-state index is 10.7. The van der Waals surface area contributed by atoms with E-state index in [1.54, 1.807) is 0 Å². The van der Waals surface area contributed by atoms with Crippen LogP contribution in [0.25, 0.3) is 0 Å². The average Bonchev–Trinajstić information content (AvgIpc) is 2.27. The van der Waals surface area contributed by atoms with Gasteiger partial charge in [-0.05, 0) is 42.7 Å². The van der Waals surface area contributed by atoms with Gasteiger partial charge < -0.3 is 5.11 Å². The summed E-state index contributed by atoms with van der Waals surface area (Å²) in [6.07, 6.45) is 6.65. The molecule has 0 spiro atoms. The average molecular weight is 219 g/mol. The summed E-state index contributed by atoms with van der Waals surface area (Å²) in [5, 5.41) is 8.76. The molecule has 2 rings (SSSR count). The molecule has 0 fully saturated rings. The number of carbonyl (C=O) groups is 1. The Hall–Kier alpha value is -1.38. The first-order chi connectivity index (χ1) is 7.66. The molecule has 3 nitrogen and oxygen atoms in total. The molecule has 1 N–H and O–H groups in total. The van der Waals surface area contributed by atoms with E-state index in [4.69, 9.17) is 5.11 Å². The maximum atomic E-state index is 10.7. The van der Waals surface area contributed by atoms with E-state index in [2.05, 4.69) is 11.1 Å². The lowest BCUT2D eigenvalue weighted by atomic mass is 9.91. The summed E-state index contributed by atoms with van der Waals surface area (Å²) >= 11 is 0. The number of nitrogens with zero attached hydrogens (tertiary/aromatic N) is 1. The summed E-state index contributed by atoms with van der Waals surface area (Å²) in [7, 11) is 0. The first kappa shape index (κ1) is 11.1. The predicted octanol–water partition coefficient (Wildman–Crippen LogP) is 2.54. The lowest BCUT2D eigenvalue weighted by Gasteiger charge is -2.17. The molecule has 3 heteroatoms. The molecule has 1 atom stereocenters. The topological polar surface area (TPSA) is 50.2 Å². The van der Waals surface area contributed by atoms with Crippen LogP contribution in [-0.2, 0) is 17.6 Å². The summed E-state index contributed by atoms with van der Waals surface area (Å²) in [4.78, 5) is 15.1. The standard InChI is InChI=1S/C13H17NO2/c1-9(6-13(15)16)11-7-10-4-2-3-5-12(10)14-8-11/h7-9H,2-6H2,1H3,(H,15,16). The van der Waals surface area contributed by atoms with Crippen LogP contribution in [0, 0.1) is 0 Å². The fraction of sp³-hybridized carbons (Fsp3) is 0.538. The lowest BCUT2D eigenvalue weighted by Crippen LogP contribution is -2.09. The normalized spacial score (nSPS) is 16.6. The number of aliphatic carboxylic acids is 1. The van der Waals surface area contributed by atoms with Gasteiger partial charge in [-0.2, -0.15) is 0 Å². The number of hydrogen-bond donors (Lipinski definition) is 1. The van der Waals surface area contributed by atoms with Gasteiger partial charge in [-0.3, -0.25) is 9.78 Å². The minimum Gasteiger partial charge on any atom is -0.481 e. The van der Waals surface area contributed by atoms with Crippen LogP contribution in [0.4, 0.5) is 0 Å². The van der Waals surface area contributed by atoms with Crippen LogP contribution >= 0.6 is 0 Å². The fourth-order valence-corrected chi connectivity index (χ4v) is 2.26. The Balaban J connectivity index is 2.19. The van der Waals surface area contributed by atoms with Crippen molar-refractivity contribution in [3.8, 4) is 0 Å². The number of aryl methyl sites for hydroxylation is 2. The second-order valence-electron chi connectivity index (χ2n) is 4.58. The first-order valence-corrected chi connectivity index (χ1v) is 5.86. The molecule has 0 radical (unpaired) electrons. The molecule has 0 saturated heterocycles. The van der Waals surface area contributed by atoms with Gasteiger partial charge in [-0.25, -0.2) is 0 Å². The molecule has 0 aromatic carbocycles. The van der Waals surface area contributed by atoms with Crippen molar-refractivity contribution in [3.63, 3.8) is 0 Å². The minimum atomic E-state index is -0.745. The maximum Gasteiger partial charge on any atom is 0.303 e. The highest BCUT2D eigenvalue weighted by Gasteiger charge is 2.15. The Labute approximate surface area is 95.5 Å². The zero-order valence-electron chi connectivity index (χ0n) is 9.57. The third-order valence-electron chi connectivity index (χ3n) is 3.24. The number of hydrogen-bond acceptors (Lipinski definition) is 2. The molecule has 0 aliphatic heterocycles. The third kappa shape index (κ3) is 2.40. The Morgan fingerprint density at radius 1 is 1.50 bits per heavy atom. The number of aromatic nitrogens is 1. The molecular formula is C13H17NO2. The second kappa shape index (κ2) is 4.64. The Morgan fingerprint density at radius 2 is 2.25 bits per heavy atom. The van der Waals surface area contributed by atoms with Crippen molar-refractivity contribution in [2.45, 2.75) is 44.9 Å². The van der Waals surface area contributed by atoms with E-state index in [0.29, 0.717) is 0 Å². The van der Waals surface area contributed by atoms with Gasteiger partial charge in [0.1, 0.15) is 0 Å². The van der Waals surface area contributed by atoms with Crippen LogP contribution < -0.4 is 0 Å². The first-order valence-electron chi connectivity index (χ1n) is 5.86. The molecule has 1 aromatic heterocycles. The van der Waals surface area contributed by atoms with E-state index >= 15 is 0 Å². The smallest absolute Gasteiger partial charge is 0.303 e. The predicted molar refractivity (Wildman–Crippen MR) is 61.5 cm³/mol. The highest BCUT2D eigenvalue weighted by Crippen LogP contribution is 2.24. The molecule has 0 saturated carbocycles. The van der Waals surface area contributed by atoms with E-state index in [1.165, 1.54) is 24.1 Å². The van der Waals surface area contributed by atoms with Crippen LogP contribution in [0.3, 0.4) is 0 Å². The SMILES string of the molecule is CC(CC(=O)O)c1cnc2c(c1)CCCC2. The van der Waals surface area contributed by atoms with Crippen molar-refractivity contribution in [1.29, 1.82) is 0 Å². The van der Waals surface area contributed by atoms with E-state index in [1.807, 2.05) is 13.1 Å². The van der Waals surface area contributed by atoms with Gasteiger partial charge in [0.25, 0.3) is 0 Å². The number of fused-ring (bicyclic) bond motifs is 1. The number of carboxylic acids is 1. The van der Waals surface area contributed by atoms with Crippen LogP contribution in [0.1, 0.15) is 48.9 Å². The zero-order valence-corrected chi connectivity index (χ0v) is 9.57. The van der Waals surface area contributed by atoms with Crippen molar-refractivity contribution in [1.82, 2.24) is 4.98 Å². The monoisotopic (exact) mass is 219 g/mol. The van der Waals surface area contributed by atoms with Crippen LogP contribution in [0.5, 0.6) is 0 Å². The summed E-state index contributed by atoms with van der Waals surface area (Å²) in [5.41, 5.74) is 3.58. The molecule has 86 valence electrons. The molecule has 0 amide bonds. The fourth-order valence-electron chi connectivity index (χ4n) is 2.26. The van der Waals surface area contributed by atoms with Gasteiger partial charge in [0.2, 0.25) is 0 Å². The Morgan fingerprint density at radius 3 is 3.00 bits per heavy atom. The number of pyridine rings is 1. The van der Waals surface area contributed by atoms with E-state index in [9.17, 15) is 4.79 Å². The summed E-state index contributed by atoms with van der Waals surface area (Å²) in [6, 6.07) is 2.15. The summed E-state index contributed by atoms with van der Waals surface area (Å²) < 4.78 is 0. The number of rotatable bonds is 3. The largest absolute Gasteiger partial charge is 0.481 e. The van der Waals surface area contributed by atoms with E-state index in [0.717, 1.165) is 18.4 Å². The number of carboxylic acid groups (broad SMARTS) is 1. The van der Waals surface area contributed by atoms with Crippen molar-refractivity contribution in [2.75, 3.05) is 0 Å². The van der Waals surface area contributed by atoms with Crippen molar-refractivity contribution >= 4 is 5.97 Å². The van der Waals surface area contributed by atoms with Crippen LogP contribution in [-0.4, -0.2) is 16.1 Å². The molecule has 1 aliphatic rings. The van der Waals surface area contributed by atoms with Gasteiger partial charge in [0.15, 0.2) is 0 Å². The zero-order chi connectivity index (χ0) is 11.5. The Kier molecular flexibility index (Phi) is 3.22. The minimum absolute atomic E-state index is 0.0530. The van der Waals surface area contributed by atoms with Gasteiger partial charge in [-0.1, -0.05) is 13.0 Å². The third-order valence-corrected chi connectivity index (χ3v) is 3.24. The molecular weight excluding hydrogens is 202 g/mol. The molecule has 0 bridgehead atoms. The quantitative estimate of drug-likeness (QED) is 0.849. The summed E-state index contributed by atoms with van der Waals surface area (Å²) in [6.45, 7) is 1.94.